The van der Waals surface area contributed by atoms with E-state index in [-0.39, 0.29) is 0 Å². The summed E-state index contributed by atoms with van der Waals surface area (Å²) < 4.78 is 3.83. The summed E-state index contributed by atoms with van der Waals surface area (Å²) in [5.74, 6) is 0. The Morgan fingerprint density at radius 3 is 1.97 bits per heavy atom. The zero-order chi connectivity index (χ0) is 21.6. The molecule has 4 aromatic rings. The molecular formula is C23H15Br2ClN4S. The molecule has 8 heteroatoms. The highest BCUT2D eigenvalue weighted by molar-refractivity contribution is 9.10. The van der Waals surface area contributed by atoms with E-state index in [4.69, 9.17) is 11.6 Å². The van der Waals surface area contributed by atoms with Crippen LogP contribution in [0.25, 0.3) is 11.3 Å². The van der Waals surface area contributed by atoms with E-state index in [1.807, 2.05) is 78.2 Å². The Hall–Kier alpha value is -2.32. The van der Waals surface area contributed by atoms with E-state index in [9.17, 15) is 0 Å². The summed E-state index contributed by atoms with van der Waals surface area (Å²) in [6, 6.07) is 23.5. The second-order valence-electron chi connectivity index (χ2n) is 6.41. The summed E-state index contributed by atoms with van der Waals surface area (Å²) in [4.78, 5) is 0.659. The van der Waals surface area contributed by atoms with Crippen LogP contribution in [0.5, 0.6) is 0 Å². The molecule has 0 unspecified atom stereocenters. The van der Waals surface area contributed by atoms with E-state index in [0.717, 1.165) is 31.3 Å². The average molecular weight is 575 g/mol. The summed E-state index contributed by atoms with van der Waals surface area (Å²) in [5.41, 5.74) is 3.85. The number of halogens is 3. The second kappa shape index (κ2) is 10.3. The van der Waals surface area contributed by atoms with Gasteiger partial charge in [0, 0.05) is 24.9 Å². The van der Waals surface area contributed by atoms with Crippen LogP contribution in [0.1, 0.15) is 11.1 Å². The predicted octanol–water partition coefficient (Wildman–Crippen LogP) is 7.21. The van der Waals surface area contributed by atoms with Crippen molar-refractivity contribution in [3.8, 4) is 11.3 Å². The molecule has 4 rings (SSSR count). The monoisotopic (exact) mass is 572 g/mol. The number of nitrogens with zero attached hydrogens (tertiary/aromatic N) is 4. The molecule has 0 fully saturated rings. The zero-order valence-electron chi connectivity index (χ0n) is 16.0. The van der Waals surface area contributed by atoms with Crippen molar-refractivity contribution in [1.29, 1.82) is 0 Å². The number of rotatable bonds is 5. The van der Waals surface area contributed by atoms with Gasteiger partial charge in [-0.05, 0) is 47.5 Å². The standard InChI is InChI=1S/C23H15Br2ClN4S/c24-19-7-1-16(2-8-19)13-27-29-23-30(28-14-17-3-9-20(25)10-4-17)22(15-31-23)18-5-11-21(26)12-6-18/h1-15H/b27-13-,28-14+,29-23+. The average Bonchev–Trinajstić information content (AvgIpc) is 3.18. The van der Waals surface area contributed by atoms with Gasteiger partial charge in [-0.2, -0.15) is 10.2 Å². The molecule has 154 valence electrons. The molecule has 0 saturated carbocycles. The number of hydrogen-bond donors (Lipinski definition) is 0. The Kier molecular flexibility index (Phi) is 7.29. The summed E-state index contributed by atoms with van der Waals surface area (Å²) in [7, 11) is 0. The van der Waals surface area contributed by atoms with E-state index >= 15 is 0 Å². The lowest BCUT2D eigenvalue weighted by molar-refractivity contribution is 0.838. The Bertz CT molecular complexity index is 1290. The van der Waals surface area contributed by atoms with Gasteiger partial charge >= 0.3 is 0 Å². The van der Waals surface area contributed by atoms with Crippen LogP contribution in [0.2, 0.25) is 5.02 Å². The van der Waals surface area contributed by atoms with E-state index < -0.39 is 0 Å². The number of aromatic nitrogens is 1. The Labute approximate surface area is 205 Å². The third-order valence-electron chi connectivity index (χ3n) is 4.24. The maximum atomic E-state index is 6.06. The van der Waals surface area contributed by atoms with Gasteiger partial charge < -0.3 is 0 Å². The van der Waals surface area contributed by atoms with Crippen LogP contribution in [0, 0.1) is 0 Å². The normalized spacial score (nSPS) is 12.3. The Morgan fingerprint density at radius 1 is 0.774 bits per heavy atom. The maximum absolute atomic E-state index is 6.06. The molecule has 0 amide bonds. The molecule has 0 radical (unpaired) electrons. The van der Waals surface area contributed by atoms with Gasteiger partial charge in [-0.25, -0.2) is 4.68 Å². The smallest absolute Gasteiger partial charge is 0.203 e. The summed E-state index contributed by atoms with van der Waals surface area (Å²) in [6.07, 6.45) is 3.52. The van der Waals surface area contributed by atoms with Crippen molar-refractivity contribution >= 4 is 67.2 Å². The van der Waals surface area contributed by atoms with E-state index in [2.05, 4.69) is 47.2 Å². The van der Waals surface area contributed by atoms with Gasteiger partial charge in [0.1, 0.15) is 0 Å². The SMILES string of the molecule is Clc1ccc(-c2cs/c(=N/N=C\c3ccc(Br)cc3)n2/N=C/c2ccc(Br)cc2)cc1. The molecule has 0 aliphatic heterocycles. The zero-order valence-corrected chi connectivity index (χ0v) is 20.7. The van der Waals surface area contributed by atoms with Gasteiger partial charge in [-0.3, -0.25) is 0 Å². The molecule has 0 aliphatic rings. The minimum Gasteiger partial charge on any atom is -0.203 e. The van der Waals surface area contributed by atoms with Crippen molar-refractivity contribution in [2.24, 2.45) is 15.3 Å². The van der Waals surface area contributed by atoms with Crippen molar-refractivity contribution in [3.05, 3.63) is 108 Å². The summed E-state index contributed by atoms with van der Waals surface area (Å²) in [5, 5.41) is 16.0. The van der Waals surface area contributed by atoms with E-state index in [1.165, 1.54) is 11.3 Å². The highest BCUT2D eigenvalue weighted by Gasteiger charge is 2.07. The van der Waals surface area contributed by atoms with Gasteiger partial charge in [0.05, 0.1) is 18.1 Å². The molecule has 4 nitrogen and oxygen atoms in total. The van der Waals surface area contributed by atoms with Crippen LogP contribution in [-0.2, 0) is 0 Å². The number of thiazole rings is 1. The highest BCUT2D eigenvalue weighted by Crippen LogP contribution is 2.22. The molecular weight excluding hydrogens is 560 g/mol. The van der Waals surface area contributed by atoms with Crippen molar-refractivity contribution in [1.82, 2.24) is 4.68 Å². The molecule has 31 heavy (non-hydrogen) atoms. The van der Waals surface area contributed by atoms with Gasteiger partial charge in [0.25, 0.3) is 0 Å². The molecule has 0 bridgehead atoms. The lowest BCUT2D eigenvalue weighted by Gasteiger charge is -2.03. The van der Waals surface area contributed by atoms with Crippen LogP contribution in [0.4, 0.5) is 0 Å². The van der Waals surface area contributed by atoms with Crippen molar-refractivity contribution in [2.75, 3.05) is 0 Å². The Balaban J connectivity index is 1.72. The van der Waals surface area contributed by atoms with E-state index in [0.29, 0.717) is 9.82 Å². The van der Waals surface area contributed by atoms with Crippen LogP contribution < -0.4 is 4.80 Å². The molecule has 1 heterocycles. The second-order valence-corrected chi connectivity index (χ2v) is 9.52. The quantitative estimate of drug-likeness (QED) is 0.179. The van der Waals surface area contributed by atoms with Gasteiger partial charge in [-0.1, -0.05) is 79.9 Å². The molecule has 1 aromatic heterocycles. The molecule has 0 atom stereocenters. The molecule has 0 aliphatic carbocycles. The maximum Gasteiger partial charge on any atom is 0.231 e. The van der Waals surface area contributed by atoms with Gasteiger partial charge in [0.15, 0.2) is 0 Å². The minimum atomic E-state index is 0.659. The highest BCUT2D eigenvalue weighted by atomic mass is 79.9. The topological polar surface area (TPSA) is 42.0 Å². The molecule has 3 aromatic carbocycles. The third kappa shape index (κ3) is 5.89. The predicted molar refractivity (Wildman–Crippen MR) is 137 cm³/mol. The lowest BCUT2D eigenvalue weighted by atomic mass is 10.2. The number of hydrogen-bond acceptors (Lipinski definition) is 4. The summed E-state index contributed by atoms with van der Waals surface area (Å²) in [6.45, 7) is 0. The third-order valence-corrected chi connectivity index (χ3v) is 6.35. The first-order valence-corrected chi connectivity index (χ1v) is 12.0. The van der Waals surface area contributed by atoms with Crippen LogP contribution in [-0.4, -0.2) is 17.1 Å². The first-order chi connectivity index (χ1) is 15.1. The van der Waals surface area contributed by atoms with Crippen molar-refractivity contribution < 1.29 is 0 Å². The first-order valence-electron chi connectivity index (χ1n) is 9.17. The minimum absolute atomic E-state index is 0.659. The first kappa shape index (κ1) is 21.9. The van der Waals surface area contributed by atoms with Crippen LogP contribution in [0.15, 0.2) is 102 Å². The Morgan fingerprint density at radius 2 is 1.35 bits per heavy atom. The molecule has 0 spiro atoms. The molecule has 0 saturated heterocycles. The fraction of sp³-hybridized carbons (Fsp3) is 0. The largest absolute Gasteiger partial charge is 0.231 e. The van der Waals surface area contributed by atoms with E-state index in [1.54, 1.807) is 17.1 Å². The van der Waals surface area contributed by atoms with Gasteiger partial charge in [-0.15, -0.1) is 16.4 Å². The van der Waals surface area contributed by atoms with Crippen molar-refractivity contribution in [3.63, 3.8) is 0 Å². The van der Waals surface area contributed by atoms with Crippen LogP contribution >= 0.6 is 54.8 Å². The van der Waals surface area contributed by atoms with Crippen LogP contribution in [0.3, 0.4) is 0 Å². The van der Waals surface area contributed by atoms with Crippen molar-refractivity contribution in [2.45, 2.75) is 0 Å². The summed E-state index contributed by atoms with van der Waals surface area (Å²) >= 11 is 14.4. The fourth-order valence-electron chi connectivity index (χ4n) is 2.67. The lowest BCUT2D eigenvalue weighted by Crippen LogP contribution is -2.11. The van der Waals surface area contributed by atoms with Gasteiger partial charge in [0.2, 0.25) is 4.80 Å². The fourth-order valence-corrected chi connectivity index (χ4v) is 4.11. The molecule has 0 N–H and O–H groups in total. The number of benzene rings is 3.